The summed E-state index contributed by atoms with van der Waals surface area (Å²) in [5.74, 6) is 0.0388. The molecule has 0 bridgehead atoms. The van der Waals surface area contributed by atoms with Gasteiger partial charge in [0.2, 0.25) is 12.6 Å². The Morgan fingerprint density at radius 3 is 1.22 bits per heavy atom. The minimum absolute atomic E-state index is 0.190. The second-order valence-electron chi connectivity index (χ2n) is 13.1. The molecule has 0 aliphatic carbocycles. The number of ether oxygens (including phenoxy) is 10. The predicted octanol–water partition coefficient (Wildman–Crippen LogP) is 7.33. The molecule has 5 rings (SSSR count). The molecule has 0 aromatic heterocycles. The zero-order chi connectivity index (χ0) is 42.4. The van der Waals surface area contributed by atoms with E-state index < -0.39 is 36.5 Å². The summed E-state index contributed by atoms with van der Waals surface area (Å²) in [5.41, 5.74) is 2.36. The quantitative estimate of drug-likeness (QED) is 0.0299. The second kappa shape index (κ2) is 24.6. The average Bonchev–Trinajstić information content (AvgIpc) is 3.28. The van der Waals surface area contributed by atoms with E-state index in [-0.39, 0.29) is 13.2 Å². The molecular weight excluding hydrogens is 776 g/mol. The van der Waals surface area contributed by atoms with Crippen LogP contribution in [0.2, 0.25) is 0 Å². The van der Waals surface area contributed by atoms with E-state index in [1.807, 2.05) is 0 Å². The lowest BCUT2D eigenvalue weighted by Crippen LogP contribution is -2.41. The topological polar surface area (TPSA) is 161 Å². The molecule has 1 aliphatic heterocycles. The fourth-order valence-corrected chi connectivity index (χ4v) is 5.36. The smallest absolute Gasteiger partial charge is 0.343 e. The third-order valence-electron chi connectivity index (χ3n) is 8.58. The van der Waals surface area contributed by atoms with Gasteiger partial charge in [0, 0.05) is 12.2 Å². The van der Waals surface area contributed by atoms with E-state index in [0.717, 1.165) is 23.3 Å². The number of hydrogen-bond donors (Lipinski definition) is 0. The van der Waals surface area contributed by atoms with Crippen molar-refractivity contribution in [2.24, 2.45) is 0 Å². The molecule has 0 amide bonds. The number of benzene rings is 4. The Bertz CT molecular complexity index is 1830. The number of carbonyl (C=O) groups excluding carboxylic acids is 4. The van der Waals surface area contributed by atoms with Gasteiger partial charge in [-0.05, 0) is 110 Å². The molecule has 0 N–H and O–H groups in total. The molecular formula is C46H48O14. The highest BCUT2D eigenvalue weighted by atomic mass is 16.8. The summed E-state index contributed by atoms with van der Waals surface area (Å²) in [6.07, 6.45) is 3.41. The summed E-state index contributed by atoms with van der Waals surface area (Å²) < 4.78 is 55.9. The Morgan fingerprint density at radius 1 is 0.500 bits per heavy atom. The molecule has 60 heavy (non-hydrogen) atoms. The monoisotopic (exact) mass is 824 g/mol. The van der Waals surface area contributed by atoms with Crippen LogP contribution in [0.4, 0.5) is 0 Å². The van der Waals surface area contributed by atoms with Crippen LogP contribution in [0.15, 0.2) is 122 Å². The van der Waals surface area contributed by atoms with Crippen LogP contribution < -0.4 is 18.9 Å². The van der Waals surface area contributed by atoms with Gasteiger partial charge < -0.3 is 47.4 Å². The standard InChI is InChI=1S/C46H48O14/c1-3-41(47)53-27-7-5-25-51-37-21-13-35(14-22-37)43(49)59-39-17-9-33(10-18-39)31-57-45-46(56-30-29-55-45)58-32-34-11-19-40(20-12-34)60-44(50)36-15-23-38(24-16-36)52-26-6-8-28-54-42(48)4-2/h3-4,9-24,45-46H,1-2,5-8,25-32H2. The van der Waals surface area contributed by atoms with Crippen molar-refractivity contribution >= 4 is 23.9 Å². The third-order valence-corrected chi connectivity index (χ3v) is 8.58. The number of esters is 4. The van der Waals surface area contributed by atoms with Gasteiger partial charge in [0.15, 0.2) is 0 Å². The molecule has 1 saturated heterocycles. The second-order valence-corrected chi connectivity index (χ2v) is 13.1. The van der Waals surface area contributed by atoms with E-state index in [1.54, 1.807) is 97.1 Å². The average molecular weight is 825 g/mol. The molecule has 0 spiro atoms. The maximum Gasteiger partial charge on any atom is 0.343 e. The van der Waals surface area contributed by atoms with Crippen LogP contribution in [-0.4, -0.2) is 76.1 Å². The van der Waals surface area contributed by atoms with Gasteiger partial charge >= 0.3 is 23.9 Å². The highest BCUT2D eigenvalue weighted by Gasteiger charge is 2.29. The predicted molar refractivity (Wildman–Crippen MR) is 217 cm³/mol. The van der Waals surface area contributed by atoms with E-state index in [0.29, 0.717) is 99.4 Å². The van der Waals surface area contributed by atoms with Crippen molar-refractivity contribution in [3.63, 3.8) is 0 Å². The van der Waals surface area contributed by atoms with Crippen LogP contribution in [0.25, 0.3) is 0 Å². The lowest BCUT2D eigenvalue weighted by molar-refractivity contribution is -0.326. The minimum Gasteiger partial charge on any atom is -0.494 e. The zero-order valence-electron chi connectivity index (χ0n) is 33.2. The Hall–Kier alpha value is -6.32. The first kappa shape index (κ1) is 44.8. The summed E-state index contributed by atoms with van der Waals surface area (Å²) in [4.78, 5) is 47.6. The number of unbranched alkanes of at least 4 members (excludes halogenated alkanes) is 2. The van der Waals surface area contributed by atoms with Gasteiger partial charge in [0.05, 0.1) is 64.0 Å². The summed E-state index contributed by atoms with van der Waals surface area (Å²) in [5, 5.41) is 0. The van der Waals surface area contributed by atoms with E-state index in [1.165, 1.54) is 0 Å². The van der Waals surface area contributed by atoms with Crippen LogP contribution in [-0.2, 0) is 51.2 Å². The molecule has 0 saturated carbocycles. The van der Waals surface area contributed by atoms with Crippen molar-refractivity contribution in [2.45, 2.75) is 51.5 Å². The molecule has 4 aromatic rings. The van der Waals surface area contributed by atoms with Crippen molar-refractivity contribution in [3.8, 4) is 23.0 Å². The Labute approximate surface area is 348 Å². The highest BCUT2D eigenvalue weighted by molar-refractivity contribution is 5.91. The van der Waals surface area contributed by atoms with Gasteiger partial charge in [0.1, 0.15) is 23.0 Å². The molecule has 2 atom stereocenters. The summed E-state index contributed by atoms with van der Waals surface area (Å²) in [7, 11) is 0. The minimum atomic E-state index is -0.781. The van der Waals surface area contributed by atoms with Crippen LogP contribution >= 0.6 is 0 Å². The molecule has 2 unspecified atom stereocenters. The molecule has 14 heteroatoms. The van der Waals surface area contributed by atoms with Gasteiger partial charge in [-0.3, -0.25) is 0 Å². The molecule has 1 fully saturated rings. The largest absolute Gasteiger partial charge is 0.494 e. The van der Waals surface area contributed by atoms with Crippen molar-refractivity contribution in [3.05, 3.63) is 145 Å². The first-order valence-electron chi connectivity index (χ1n) is 19.4. The third kappa shape index (κ3) is 15.5. The molecule has 0 radical (unpaired) electrons. The number of hydrogen-bond acceptors (Lipinski definition) is 14. The molecule has 316 valence electrons. The number of carbonyl (C=O) groups is 4. The Balaban J connectivity index is 0.985. The van der Waals surface area contributed by atoms with Crippen LogP contribution in [0, 0.1) is 0 Å². The van der Waals surface area contributed by atoms with E-state index in [9.17, 15) is 19.2 Å². The first-order chi connectivity index (χ1) is 29.3. The molecule has 14 nitrogen and oxygen atoms in total. The van der Waals surface area contributed by atoms with Gasteiger partial charge in [-0.25, -0.2) is 19.2 Å². The summed E-state index contributed by atoms with van der Waals surface area (Å²) in [6, 6.07) is 27.1. The molecule has 4 aromatic carbocycles. The fourth-order valence-electron chi connectivity index (χ4n) is 5.36. The van der Waals surface area contributed by atoms with Gasteiger partial charge in [-0.1, -0.05) is 37.4 Å². The van der Waals surface area contributed by atoms with E-state index in [4.69, 9.17) is 47.4 Å². The van der Waals surface area contributed by atoms with Gasteiger partial charge in [-0.2, -0.15) is 0 Å². The summed E-state index contributed by atoms with van der Waals surface area (Å²) in [6.45, 7) is 9.25. The van der Waals surface area contributed by atoms with Crippen LogP contribution in [0.5, 0.6) is 23.0 Å². The molecule has 1 aliphatic rings. The lowest BCUT2D eigenvalue weighted by Gasteiger charge is -2.31. The van der Waals surface area contributed by atoms with Gasteiger partial charge in [-0.15, -0.1) is 0 Å². The number of rotatable bonds is 24. The molecule has 1 heterocycles. The van der Waals surface area contributed by atoms with Crippen LogP contribution in [0.3, 0.4) is 0 Å². The highest BCUT2D eigenvalue weighted by Crippen LogP contribution is 2.22. The maximum absolute atomic E-state index is 12.7. The SMILES string of the molecule is C=CC(=O)OCCCCOc1ccc(C(=O)Oc2ccc(COC3OCCOC3OCc3ccc(OC(=O)c4ccc(OCCCCOC(=O)C=C)cc4)cc3)cc2)cc1. The van der Waals surface area contributed by atoms with Crippen LogP contribution in [0.1, 0.15) is 57.5 Å². The maximum atomic E-state index is 12.7. The van der Waals surface area contributed by atoms with Crippen molar-refractivity contribution < 1.29 is 66.5 Å². The van der Waals surface area contributed by atoms with E-state index >= 15 is 0 Å². The first-order valence-corrected chi connectivity index (χ1v) is 19.4. The Kier molecular flexibility index (Phi) is 18.3. The fraction of sp³-hybridized carbons (Fsp3) is 0.304. The normalized spacial score (nSPS) is 14.6. The van der Waals surface area contributed by atoms with Crippen molar-refractivity contribution in [2.75, 3.05) is 39.6 Å². The summed E-state index contributed by atoms with van der Waals surface area (Å²) >= 11 is 0. The van der Waals surface area contributed by atoms with Crippen molar-refractivity contribution in [1.82, 2.24) is 0 Å². The zero-order valence-corrected chi connectivity index (χ0v) is 33.2. The Morgan fingerprint density at radius 2 is 0.850 bits per heavy atom. The van der Waals surface area contributed by atoms with Gasteiger partial charge in [0.25, 0.3) is 0 Å². The van der Waals surface area contributed by atoms with Crippen molar-refractivity contribution in [1.29, 1.82) is 0 Å². The lowest BCUT2D eigenvalue weighted by atomic mass is 10.2. The van der Waals surface area contributed by atoms with E-state index in [2.05, 4.69) is 13.2 Å².